The monoisotopic (exact) mass is 1100 g/mol. The van der Waals surface area contributed by atoms with E-state index in [1.165, 1.54) is 14.2 Å². The van der Waals surface area contributed by atoms with Crippen molar-refractivity contribution in [2.45, 2.75) is 167 Å². The molecule has 4 amide bonds. The van der Waals surface area contributed by atoms with Crippen molar-refractivity contribution >= 4 is 41.3 Å². The van der Waals surface area contributed by atoms with Gasteiger partial charge in [0.2, 0.25) is 24.0 Å². The Bertz CT molecular complexity index is 2290. The molecule has 0 radical (unpaired) electrons. The summed E-state index contributed by atoms with van der Waals surface area (Å²) in [6.07, 6.45) is -8.15. The summed E-state index contributed by atoms with van der Waals surface area (Å²) < 4.78 is 23.5. The highest BCUT2D eigenvalue weighted by molar-refractivity contribution is 5.90. The van der Waals surface area contributed by atoms with Crippen LogP contribution in [0.4, 0.5) is 5.69 Å². The van der Waals surface area contributed by atoms with Crippen LogP contribution < -0.4 is 26.4 Å². The zero-order chi connectivity index (χ0) is 58.3. The second kappa shape index (κ2) is 29.7. The number of nitrogens with two attached hydrogens (primary N) is 1. The van der Waals surface area contributed by atoms with Crippen LogP contribution in [0.15, 0.2) is 48.5 Å². The summed E-state index contributed by atoms with van der Waals surface area (Å²) in [5.74, 6) is -5.57. The van der Waals surface area contributed by atoms with Gasteiger partial charge >= 0.3 is 11.9 Å². The fourth-order valence-corrected chi connectivity index (χ4v) is 11.1. The molecule has 2 aliphatic heterocycles. The molecule has 438 valence electrons. The smallest absolute Gasteiger partial charge is 0.335 e. The molecule has 0 aromatic heterocycles. The van der Waals surface area contributed by atoms with Gasteiger partial charge in [-0.3, -0.25) is 19.2 Å². The normalized spacial score (nSPS) is 22.8. The highest BCUT2D eigenvalue weighted by Crippen LogP contribution is 2.34. The zero-order valence-electron chi connectivity index (χ0n) is 47.7. The molecule has 2 aliphatic rings. The lowest BCUT2D eigenvalue weighted by Crippen LogP contribution is -2.63. The van der Waals surface area contributed by atoms with E-state index in [1.807, 2.05) is 61.7 Å². The van der Waals surface area contributed by atoms with Crippen molar-refractivity contribution in [3.8, 4) is 5.75 Å². The summed E-state index contributed by atoms with van der Waals surface area (Å²) in [6, 6.07) is 10.2. The quantitative estimate of drug-likeness (QED) is 0.0400. The van der Waals surface area contributed by atoms with Gasteiger partial charge in [0.15, 0.2) is 12.1 Å². The van der Waals surface area contributed by atoms with Gasteiger partial charge in [0.25, 0.3) is 5.91 Å². The molecule has 22 nitrogen and oxygen atoms in total. The first-order chi connectivity index (χ1) is 36.7. The maximum Gasteiger partial charge on any atom is 0.335 e. The molecular formula is C56H90N7O15+. The highest BCUT2D eigenvalue weighted by Gasteiger charge is 2.49. The van der Waals surface area contributed by atoms with E-state index in [0.29, 0.717) is 57.5 Å². The number of ether oxygens (including phenoxy) is 4. The van der Waals surface area contributed by atoms with Crippen molar-refractivity contribution in [2.24, 2.45) is 29.4 Å². The largest absolute Gasteiger partial charge is 0.480 e. The molecule has 2 fully saturated rings. The standard InChI is InChI=1S/C56H89N7O15/c1-13-33(6)44(41(75-11)29-42(64)62-26-17-21-39(62)49(76-12)34(7)51(68)59-38(54(71)72)27-35-19-15-14-16-20-35)61(8)53(70)43(31(2)3)60-52(69)45(32(4)5)63(9,10)30-36-22-23-40(37(28-36)58-25-18-24-57)77-56-48(67)46(65)47(66)50(78-56)55(73)74/h14-16,19-20,22-23,28,31-34,38-39,41,43-50,56,58,65-67H,13,17-18,21,24-27,29-30,57H2,1-12H3,(H3-,59,60,68,69,71,72,73,74)/p+1/t33-,34+,38-,39-,41+,43-,44-,45-,46-,47-,48+,49+,50-,56+/m0/s1. The Morgan fingerprint density at radius 1 is 0.872 bits per heavy atom. The number of nitrogens with zero attached hydrogens (tertiary/aromatic N) is 3. The van der Waals surface area contributed by atoms with Crippen LogP contribution in [-0.4, -0.2) is 204 Å². The molecule has 22 heteroatoms. The maximum atomic E-state index is 14.9. The van der Waals surface area contributed by atoms with Crippen LogP contribution in [0.1, 0.15) is 91.7 Å². The molecule has 4 rings (SSSR count). The Morgan fingerprint density at radius 3 is 2.10 bits per heavy atom. The number of anilines is 1. The maximum absolute atomic E-state index is 14.9. The van der Waals surface area contributed by atoms with E-state index < -0.39 is 96.9 Å². The Kier molecular flexibility index (Phi) is 24.7. The van der Waals surface area contributed by atoms with Crippen LogP contribution in [0.5, 0.6) is 5.75 Å². The summed E-state index contributed by atoms with van der Waals surface area (Å²) in [5.41, 5.74) is 7.73. The van der Waals surface area contributed by atoms with Gasteiger partial charge in [0.1, 0.15) is 42.7 Å². The number of methoxy groups -OCH3 is 2. The van der Waals surface area contributed by atoms with Crippen LogP contribution in [0, 0.1) is 23.7 Å². The number of amides is 4. The van der Waals surface area contributed by atoms with Gasteiger partial charge in [-0.25, -0.2) is 9.59 Å². The molecule has 0 unspecified atom stereocenters. The van der Waals surface area contributed by atoms with Crippen molar-refractivity contribution in [2.75, 3.05) is 60.3 Å². The van der Waals surface area contributed by atoms with Crippen molar-refractivity contribution in [3.05, 3.63) is 59.7 Å². The van der Waals surface area contributed by atoms with Gasteiger partial charge in [0.05, 0.1) is 56.4 Å². The molecule has 0 aliphatic carbocycles. The Labute approximate surface area is 459 Å². The van der Waals surface area contributed by atoms with Gasteiger partial charge in [-0.15, -0.1) is 0 Å². The van der Waals surface area contributed by atoms with Gasteiger partial charge in [-0.05, 0) is 61.4 Å². The van der Waals surface area contributed by atoms with Crippen LogP contribution in [0.3, 0.4) is 0 Å². The summed E-state index contributed by atoms with van der Waals surface area (Å²) >= 11 is 0. The van der Waals surface area contributed by atoms with Gasteiger partial charge < -0.3 is 80.4 Å². The van der Waals surface area contributed by atoms with Crippen molar-refractivity contribution in [1.29, 1.82) is 0 Å². The van der Waals surface area contributed by atoms with E-state index in [1.54, 1.807) is 66.2 Å². The first-order valence-electron chi connectivity index (χ1n) is 27.2. The number of carboxylic acid groups (broad SMARTS) is 2. The fourth-order valence-electron chi connectivity index (χ4n) is 11.1. The van der Waals surface area contributed by atoms with Crippen LogP contribution in [0.25, 0.3) is 0 Å². The number of quaternary nitrogens is 1. The summed E-state index contributed by atoms with van der Waals surface area (Å²) in [4.78, 5) is 85.1. The summed E-state index contributed by atoms with van der Waals surface area (Å²) in [6.45, 7) is 14.7. The minimum atomic E-state index is -1.89. The molecule has 2 heterocycles. The average Bonchev–Trinajstić information content (AvgIpc) is 3.90. The fraction of sp³-hybridized carbons (Fsp3) is 0.679. The lowest BCUT2D eigenvalue weighted by atomic mass is 9.89. The molecule has 0 spiro atoms. The topological polar surface area (TPSA) is 309 Å². The third-order valence-electron chi connectivity index (χ3n) is 15.4. The number of carboxylic acids is 2. The van der Waals surface area contributed by atoms with Crippen molar-refractivity contribution in [3.63, 3.8) is 0 Å². The van der Waals surface area contributed by atoms with E-state index in [0.717, 1.165) is 11.1 Å². The summed E-state index contributed by atoms with van der Waals surface area (Å²) in [5, 5.41) is 59.9. The van der Waals surface area contributed by atoms with E-state index in [9.17, 15) is 54.3 Å². The first kappa shape index (κ1) is 65.1. The van der Waals surface area contributed by atoms with Gasteiger partial charge in [-0.2, -0.15) is 0 Å². The molecule has 2 aromatic rings. The van der Waals surface area contributed by atoms with Crippen molar-refractivity contribution in [1.82, 2.24) is 20.4 Å². The SMILES string of the molecule is CC[C@H](C)[C@@H]([C@@H](CC(=O)N1CCC[C@H]1[C@H](OC)[C@@H](C)C(=O)N[C@@H](Cc1ccccc1)C(=O)O)OC)N(C)C(=O)[C@@H](NC(=O)[C@H](C(C)C)[N+](C)(C)Cc1ccc(O[C@@H]2O[C@H](C(=O)O)[C@@H](O)[C@H](O)[C@H]2O)c(NCCCN)c1)C(C)C. The third kappa shape index (κ3) is 16.6. The Balaban J connectivity index is 1.52. The minimum absolute atomic E-state index is 0.0910. The van der Waals surface area contributed by atoms with Crippen molar-refractivity contribution < 1.29 is 77.7 Å². The third-order valence-corrected chi connectivity index (χ3v) is 15.4. The first-order valence-corrected chi connectivity index (χ1v) is 27.2. The molecule has 0 bridgehead atoms. The average molecular weight is 1100 g/mol. The lowest BCUT2D eigenvalue weighted by molar-refractivity contribution is -0.922. The van der Waals surface area contributed by atoms with E-state index >= 15 is 0 Å². The molecule has 78 heavy (non-hydrogen) atoms. The molecule has 0 saturated carbocycles. The number of likely N-dealkylation sites (tertiary alicyclic amines) is 1. The Morgan fingerprint density at radius 2 is 1.54 bits per heavy atom. The number of likely N-dealkylation sites (N-methyl/N-ethyl adjacent to an activating group) is 2. The molecule has 10 N–H and O–H groups in total. The predicted octanol–water partition coefficient (Wildman–Crippen LogP) is 2.19. The summed E-state index contributed by atoms with van der Waals surface area (Å²) in [7, 11) is 8.47. The number of benzene rings is 2. The van der Waals surface area contributed by atoms with E-state index in [4.69, 9.17) is 24.7 Å². The number of nitrogens with one attached hydrogen (secondary N) is 3. The number of hydrogen-bond donors (Lipinski definition) is 9. The number of hydrogen-bond acceptors (Lipinski definition) is 15. The van der Waals surface area contributed by atoms with Gasteiger partial charge in [-0.1, -0.05) is 85.2 Å². The zero-order valence-corrected chi connectivity index (χ0v) is 47.7. The number of aliphatic carboxylic acids is 2. The van der Waals surface area contributed by atoms with Crippen LogP contribution in [0.2, 0.25) is 0 Å². The molecule has 14 atom stereocenters. The Hall–Kier alpha value is -5.46. The highest BCUT2D eigenvalue weighted by atomic mass is 16.7. The number of carbonyl (C=O) groups excluding carboxylic acids is 4. The number of carbonyl (C=O) groups is 6. The van der Waals surface area contributed by atoms with E-state index in [2.05, 4.69) is 16.0 Å². The van der Waals surface area contributed by atoms with Gasteiger partial charge in [0, 0.05) is 52.3 Å². The number of aliphatic hydroxyl groups is 3. The molecule has 2 aromatic carbocycles. The minimum Gasteiger partial charge on any atom is -0.480 e. The van der Waals surface area contributed by atoms with Crippen LogP contribution >= 0.6 is 0 Å². The van der Waals surface area contributed by atoms with Crippen LogP contribution in [-0.2, 0) is 55.9 Å². The predicted molar refractivity (Wildman–Crippen MR) is 291 cm³/mol. The second-order valence-electron chi connectivity index (χ2n) is 22.3. The molecule has 2 saturated heterocycles. The number of rotatable bonds is 30. The van der Waals surface area contributed by atoms with E-state index in [-0.39, 0.29) is 58.5 Å². The lowest BCUT2D eigenvalue weighted by Gasteiger charge is -2.42. The molecular weight excluding hydrogens is 1010 g/mol. The second-order valence-corrected chi connectivity index (χ2v) is 22.3. The number of aliphatic hydroxyl groups excluding tert-OH is 3.